The molecule has 1 aromatic rings. The van der Waals surface area contributed by atoms with E-state index in [2.05, 4.69) is 6.07 Å². The van der Waals surface area contributed by atoms with Crippen LogP contribution in [0.2, 0.25) is 0 Å². The summed E-state index contributed by atoms with van der Waals surface area (Å²) in [7, 11) is -1.52. The first-order valence-corrected chi connectivity index (χ1v) is 5.71. The molecule has 0 bridgehead atoms. The molecule has 0 saturated heterocycles. The third-order valence-corrected chi connectivity index (χ3v) is 3.02. The van der Waals surface area contributed by atoms with Gasteiger partial charge in [-0.15, -0.1) is 0 Å². The van der Waals surface area contributed by atoms with Crippen molar-refractivity contribution in [3.05, 3.63) is 35.9 Å². The molecule has 0 amide bonds. The molecule has 0 aromatic heterocycles. The van der Waals surface area contributed by atoms with Gasteiger partial charge < -0.3 is 0 Å². The Kier molecular flexibility index (Phi) is 3.06. The minimum absolute atomic E-state index is 0.410. The molecule has 0 aliphatic rings. The summed E-state index contributed by atoms with van der Waals surface area (Å²) in [5.74, 6) is 0. The van der Waals surface area contributed by atoms with Crippen molar-refractivity contribution in [1.82, 2.24) is 4.31 Å². The van der Waals surface area contributed by atoms with Crippen molar-refractivity contribution in [1.29, 1.82) is 0 Å². The van der Waals surface area contributed by atoms with Crippen LogP contribution >= 0.6 is 0 Å². The number of hydrogen-bond donors (Lipinski definition) is 0. The van der Waals surface area contributed by atoms with E-state index in [-0.39, 0.29) is 0 Å². The largest absolute Gasteiger partial charge is 0.213 e. The predicted molar refractivity (Wildman–Crippen MR) is 51.6 cm³/mol. The summed E-state index contributed by atoms with van der Waals surface area (Å²) in [4.78, 5) is 0. The van der Waals surface area contributed by atoms with E-state index < -0.39 is 10.0 Å². The van der Waals surface area contributed by atoms with E-state index in [4.69, 9.17) is 0 Å². The molecule has 13 heavy (non-hydrogen) atoms. The fraction of sp³-hybridized carbons (Fsp3) is 0.333. The van der Waals surface area contributed by atoms with Crippen molar-refractivity contribution in [3.8, 4) is 0 Å². The molecule has 0 unspecified atom stereocenters. The van der Waals surface area contributed by atoms with E-state index in [0.29, 0.717) is 6.54 Å². The van der Waals surface area contributed by atoms with Crippen LogP contribution in [0.15, 0.2) is 24.3 Å². The molecule has 1 aromatic carbocycles. The van der Waals surface area contributed by atoms with E-state index in [1.807, 2.05) is 12.1 Å². The summed E-state index contributed by atoms with van der Waals surface area (Å²) < 4.78 is 23.4. The highest BCUT2D eigenvalue weighted by Gasteiger charge is 2.10. The Balaban J connectivity index is 2.72. The molecule has 0 fully saturated rings. The molecule has 0 atom stereocenters. The molecule has 3 nitrogen and oxygen atoms in total. The van der Waals surface area contributed by atoms with Crippen LogP contribution in [-0.4, -0.2) is 26.0 Å². The molecule has 0 spiro atoms. The lowest BCUT2D eigenvalue weighted by molar-refractivity contribution is 0.472. The smallest absolute Gasteiger partial charge is 0.211 e. The van der Waals surface area contributed by atoms with Gasteiger partial charge in [-0.3, -0.25) is 0 Å². The highest BCUT2D eigenvalue weighted by atomic mass is 32.2. The standard InChI is InChI=1S/C9H12NO2S/c1-10(13(2,11)12)8-9-6-4-3-5-7-9/h4-7H,8H2,1-2H3. The van der Waals surface area contributed by atoms with Crippen molar-refractivity contribution in [3.63, 3.8) is 0 Å². The second kappa shape index (κ2) is 3.89. The average Bonchev–Trinajstić information content (AvgIpc) is 2.04. The Hall–Kier alpha value is -0.870. The maximum Gasteiger partial charge on any atom is 0.211 e. The summed E-state index contributed by atoms with van der Waals surface area (Å²) in [5, 5.41) is 0. The first-order chi connectivity index (χ1) is 6.00. The van der Waals surface area contributed by atoms with Gasteiger partial charge in [-0.1, -0.05) is 24.3 Å². The monoisotopic (exact) mass is 198 g/mol. The van der Waals surface area contributed by atoms with E-state index in [0.717, 1.165) is 5.56 Å². The molecular formula is C9H12NO2S. The van der Waals surface area contributed by atoms with Gasteiger partial charge in [0.15, 0.2) is 0 Å². The van der Waals surface area contributed by atoms with Crippen LogP contribution in [0.5, 0.6) is 0 Å². The number of hydrogen-bond acceptors (Lipinski definition) is 2. The van der Waals surface area contributed by atoms with E-state index in [1.54, 1.807) is 19.2 Å². The second-order valence-electron chi connectivity index (χ2n) is 2.93. The number of nitrogens with zero attached hydrogens (tertiary/aromatic N) is 1. The highest BCUT2D eigenvalue weighted by molar-refractivity contribution is 7.88. The fourth-order valence-corrected chi connectivity index (χ4v) is 1.28. The summed E-state index contributed by atoms with van der Waals surface area (Å²) in [6.45, 7) is 0.410. The lowest BCUT2D eigenvalue weighted by atomic mass is 10.2. The molecule has 0 saturated carbocycles. The molecule has 0 heterocycles. The average molecular weight is 198 g/mol. The van der Waals surface area contributed by atoms with Crippen molar-refractivity contribution in [2.75, 3.05) is 13.3 Å². The normalized spacial score (nSPS) is 11.9. The molecule has 71 valence electrons. The van der Waals surface area contributed by atoms with Gasteiger partial charge in [-0.05, 0) is 11.6 Å². The first-order valence-electron chi connectivity index (χ1n) is 3.86. The molecule has 1 radical (unpaired) electrons. The van der Waals surface area contributed by atoms with Crippen LogP contribution in [0, 0.1) is 6.07 Å². The zero-order valence-corrected chi connectivity index (χ0v) is 8.50. The molecule has 0 aliphatic carbocycles. The van der Waals surface area contributed by atoms with Crippen LogP contribution in [0.1, 0.15) is 5.56 Å². The minimum Gasteiger partial charge on any atom is -0.213 e. The summed E-state index contributed by atoms with van der Waals surface area (Å²) in [5.41, 5.74) is 0.965. The number of sulfonamides is 1. The third-order valence-electron chi connectivity index (χ3n) is 1.76. The molecular weight excluding hydrogens is 186 g/mol. The Morgan fingerprint density at radius 3 is 2.38 bits per heavy atom. The van der Waals surface area contributed by atoms with Gasteiger partial charge in [0.25, 0.3) is 0 Å². The SMILES string of the molecule is CN(Cc1cc[c]cc1)S(C)(=O)=O. The molecule has 4 heteroatoms. The minimum atomic E-state index is -3.08. The maximum atomic E-state index is 11.1. The van der Waals surface area contributed by atoms with Crippen LogP contribution in [0.25, 0.3) is 0 Å². The van der Waals surface area contributed by atoms with E-state index >= 15 is 0 Å². The summed E-state index contributed by atoms with van der Waals surface area (Å²) in [6.07, 6.45) is 1.20. The maximum absolute atomic E-state index is 11.1. The Labute approximate surface area is 79.0 Å². The van der Waals surface area contributed by atoms with Gasteiger partial charge >= 0.3 is 0 Å². The first kappa shape index (κ1) is 10.2. The third kappa shape index (κ3) is 3.16. The van der Waals surface area contributed by atoms with Gasteiger partial charge in [0, 0.05) is 13.6 Å². The van der Waals surface area contributed by atoms with E-state index in [1.165, 1.54) is 10.6 Å². The number of rotatable bonds is 3. The Morgan fingerprint density at radius 2 is 1.92 bits per heavy atom. The summed E-state index contributed by atoms with van der Waals surface area (Å²) >= 11 is 0. The lowest BCUT2D eigenvalue weighted by Gasteiger charge is -2.13. The quantitative estimate of drug-likeness (QED) is 0.723. The summed E-state index contributed by atoms with van der Waals surface area (Å²) in [6, 6.07) is 10.1. The van der Waals surface area contributed by atoms with Crippen LogP contribution in [-0.2, 0) is 16.6 Å². The van der Waals surface area contributed by atoms with Crippen molar-refractivity contribution < 1.29 is 8.42 Å². The van der Waals surface area contributed by atoms with Crippen LogP contribution in [0.3, 0.4) is 0 Å². The van der Waals surface area contributed by atoms with Crippen molar-refractivity contribution >= 4 is 10.0 Å². The van der Waals surface area contributed by atoms with Crippen LogP contribution < -0.4 is 0 Å². The zero-order chi connectivity index (χ0) is 9.90. The predicted octanol–water partition coefficient (Wildman–Crippen LogP) is 0.878. The van der Waals surface area contributed by atoms with Crippen molar-refractivity contribution in [2.24, 2.45) is 0 Å². The van der Waals surface area contributed by atoms with Gasteiger partial charge in [-0.25, -0.2) is 12.7 Å². The Morgan fingerprint density at radius 1 is 1.38 bits per heavy atom. The molecule has 1 rings (SSSR count). The van der Waals surface area contributed by atoms with Gasteiger partial charge in [0.1, 0.15) is 0 Å². The topological polar surface area (TPSA) is 37.4 Å². The fourth-order valence-electron chi connectivity index (χ4n) is 0.901. The highest BCUT2D eigenvalue weighted by Crippen LogP contribution is 2.04. The molecule has 0 aliphatic heterocycles. The second-order valence-corrected chi connectivity index (χ2v) is 5.02. The van der Waals surface area contributed by atoms with Gasteiger partial charge in [-0.2, -0.15) is 0 Å². The van der Waals surface area contributed by atoms with Crippen molar-refractivity contribution in [2.45, 2.75) is 6.54 Å². The van der Waals surface area contributed by atoms with Crippen LogP contribution in [0.4, 0.5) is 0 Å². The van der Waals surface area contributed by atoms with Gasteiger partial charge in [0.2, 0.25) is 10.0 Å². The van der Waals surface area contributed by atoms with Gasteiger partial charge in [0.05, 0.1) is 6.26 Å². The van der Waals surface area contributed by atoms with E-state index in [9.17, 15) is 8.42 Å². The number of benzene rings is 1. The Bertz CT molecular complexity index is 358. The molecule has 0 N–H and O–H groups in total. The lowest BCUT2D eigenvalue weighted by Crippen LogP contribution is -2.24. The zero-order valence-electron chi connectivity index (χ0n) is 7.69.